The zero-order valence-corrected chi connectivity index (χ0v) is 31.7. The first kappa shape index (κ1) is 40.3. The fraction of sp³-hybridized carbons (Fsp3) is 0.0541. The maximum Gasteiger partial charge on any atom is 0.323 e. The molecule has 19 nitrogen and oxygen atoms in total. The Hall–Kier alpha value is -7.33. The summed E-state index contributed by atoms with van der Waals surface area (Å²) in [5.74, 6) is -2.29. The van der Waals surface area contributed by atoms with E-state index in [1.54, 1.807) is 24.3 Å². The summed E-state index contributed by atoms with van der Waals surface area (Å²) in [4.78, 5) is 60.7. The number of amides is 4. The summed E-state index contributed by atoms with van der Waals surface area (Å²) < 4.78 is 69.3. The van der Waals surface area contributed by atoms with Crippen LogP contribution >= 0.6 is 0 Å². The molecule has 296 valence electrons. The van der Waals surface area contributed by atoms with Gasteiger partial charge in [-0.2, -0.15) is 27.0 Å². The molecular formula is C37H30N8O11S2. The van der Waals surface area contributed by atoms with Crippen LogP contribution in [-0.2, 0) is 29.8 Å². The van der Waals surface area contributed by atoms with Gasteiger partial charge >= 0.3 is 6.03 Å². The Bertz CT molecular complexity index is 2590. The normalized spacial score (nSPS) is 15.0. The van der Waals surface area contributed by atoms with E-state index in [-0.39, 0.29) is 45.4 Å². The molecule has 0 aliphatic heterocycles. The lowest BCUT2D eigenvalue weighted by Crippen LogP contribution is -2.27. The zero-order valence-electron chi connectivity index (χ0n) is 30.0. The summed E-state index contributed by atoms with van der Waals surface area (Å²) in [5.41, 5.74) is 5.75. The van der Waals surface area contributed by atoms with Gasteiger partial charge in [0.1, 0.15) is 9.81 Å². The minimum atomic E-state index is -4.98. The van der Waals surface area contributed by atoms with Crippen molar-refractivity contribution in [3.05, 3.63) is 117 Å². The van der Waals surface area contributed by atoms with Crippen LogP contribution in [0.3, 0.4) is 0 Å². The smallest absolute Gasteiger partial charge is 0.323 e. The lowest BCUT2D eigenvalue weighted by molar-refractivity contribution is -0.115. The van der Waals surface area contributed by atoms with Crippen molar-refractivity contribution in [1.82, 2.24) is 0 Å². The molecule has 0 spiro atoms. The van der Waals surface area contributed by atoms with E-state index in [0.29, 0.717) is 22.7 Å². The van der Waals surface area contributed by atoms with Crippen LogP contribution in [0.4, 0.5) is 38.9 Å². The van der Waals surface area contributed by atoms with Gasteiger partial charge in [-0.05, 0) is 108 Å². The maximum absolute atomic E-state index is 13.4. The number of Topliss-reactive ketones (excluding diaryl/α,β-unsaturated/α-hetero) is 2. The summed E-state index contributed by atoms with van der Waals surface area (Å²) in [6.07, 6.45) is 2.01. The molecule has 58 heavy (non-hydrogen) atoms. The summed E-state index contributed by atoms with van der Waals surface area (Å²) >= 11 is 0. The highest BCUT2D eigenvalue weighted by Crippen LogP contribution is 2.30. The topological polar surface area (TPSA) is 291 Å². The van der Waals surface area contributed by atoms with Crippen molar-refractivity contribution in [3.8, 4) is 0 Å². The number of fused-ring (bicyclic) bond motifs is 2. The van der Waals surface area contributed by atoms with Crippen LogP contribution in [0.5, 0.6) is 0 Å². The van der Waals surface area contributed by atoms with Crippen LogP contribution in [0.25, 0.3) is 12.2 Å². The summed E-state index contributed by atoms with van der Waals surface area (Å²) in [6, 6.07) is 19.3. The summed E-state index contributed by atoms with van der Waals surface area (Å²) in [7, 11) is -9.97. The fourth-order valence-corrected chi connectivity index (χ4v) is 6.95. The quantitative estimate of drug-likeness (QED) is 0.0770. The van der Waals surface area contributed by atoms with E-state index in [9.17, 15) is 49.9 Å². The first-order valence-electron chi connectivity index (χ1n) is 16.6. The number of anilines is 6. The van der Waals surface area contributed by atoms with Gasteiger partial charge in [0.2, 0.25) is 23.4 Å². The lowest BCUT2D eigenvalue weighted by atomic mass is 9.94. The van der Waals surface area contributed by atoms with Crippen molar-refractivity contribution in [2.24, 2.45) is 10.2 Å². The van der Waals surface area contributed by atoms with Gasteiger partial charge in [0.25, 0.3) is 20.2 Å². The number of carbonyl (C=O) groups is 5. The molecule has 0 fully saturated rings. The molecule has 4 aromatic carbocycles. The van der Waals surface area contributed by atoms with E-state index in [1.165, 1.54) is 74.5 Å². The monoisotopic (exact) mass is 826 g/mol. The van der Waals surface area contributed by atoms with Crippen molar-refractivity contribution >= 4 is 107 Å². The van der Waals surface area contributed by atoms with E-state index < -0.39 is 59.1 Å². The second-order valence-electron chi connectivity index (χ2n) is 12.5. The van der Waals surface area contributed by atoms with Gasteiger partial charge in [0.15, 0.2) is 11.4 Å². The molecule has 8 N–H and O–H groups in total. The van der Waals surface area contributed by atoms with Crippen LogP contribution in [0.1, 0.15) is 45.7 Å². The highest BCUT2D eigenvalue weighted by atomic mass is 32.2. The number of hydrogen-bond donors (Lipinski definition) is 8. The first-order valence-corrected chi connectivity index (χ1v) is 19.5. The second kappa shape index (κ2) is 16.0. The Kier molecular flexibility index (Phi) is 11.1. The van der Waals surface area contributed by atoms with Crippen molar-refractivity contribution in [2.45, 2.75) is 13.8 Å². The van der Waals surface area contributed by atoms with Crippen molar-refractivity contribution < 1.29 is 49.9 Å². The number of allylic oxidation sites excluding steroid dienone is 2. The predicted molar refractivity (Wildman–Crippen MR) is 217 cm³/mol. The fourth-order valence-electron chi connectivity index (χ4n) is 5.63. The van der Waals surface area contributed by atoms with E-state index in [1.807, 2.05) is 0 Å². The Morgan fingerprint density at radius 2 is 0.828 bits per heavy atom. The molecule has 0 saturated heterocycles. The average Bonchev–Trinajstić information content (AvgIpc) is 3.13. The van der Waals surface area contributed by atoms with Gasteiger partial charge in [-0.1, -0.05) is 0 Å². The second-order valence-corrected chi connectivity index (χ2v) is 15.3. The van der Waals surface area contributed by atoms with Crippen LogP contribution in [-0.4, -0.2) is 66.8 Å². The Morgan fingerprint density at radius 1 is 0.500 bits per heavy atom. The lowest BCUT2D eigenvalue weighted by Gasteiger charge is -2.18. The molecule has 0 atom stereocenters. The van der Waals surface area contributed by atoms with Crippen LogP contribution in [0.2, 0.25) is 0 Å². The highest BCUT2D eigenvalue weighted by Gasteiger charge is 2.34. The summed E-state index contributed by atoms with van der Waals surface area (Å²) in [5, 5.41) is 18.1. The number of urea groups is 1. The number of hydrogen-bond acceptors (Lipinski definition) is 13. The third-order valence-corrected chi connectivity index (χ3v) is 9.87. The Labute approximate surface area is 329 Å². The van der Waals surface area contributed by atoms with E-state index >= 15 is 0 Å². The Morgan fingerprint density at radius 3 is 1.16 bits per heavy atom. The van der Waals surface area contributed by atoms with Gasteiger partial charge in [-0.15, -0.1) is 0 Å². The zero-order chi connectivity index (χ0) is 41.9. The molecule has 0 radical (unpaired) electrons. The molecule has 2 aliphatic carbocycles. The van der Waals surface area contributed by atoms with Crippen LogP contribution < -0.4 is 32.1 Å². The molecule has 0 bridgehead atoms. The van der Waals surface area contributed by atoms with Crippen molar-refractivity contribution in [2.75, 3.05) is 32.1 Å². The number of ketones is 2. The molecule has 4 amide bonds. The average molecular weight is 827 g/mol. The van der Waals surface area contributed by atoms with Crippen LogP contribution in [0, 0.1) is 0 Å². The molecule has 4 aromatic rings. The summed E-state index contributed by atoms with van der Waals surface area (Å²) in [6.45, 7) is 2.67. The van der Waals surface area contributed by atoms with Gasteiger partial charge in [0, 0.05) is 47.7 Å². The molecule has 0 saturated carbocycles. The maximum atomic E-state index is 13.4. The number of carbonyl (C=O) groups excluding carboxylic acids is 5. The van der Waals surface area contributed by atoms with Gasteiger partial charge < -0.3 is 21.3 Å². The predicted octanol–water partition coefficient (Wildman–Crippen LogP) is 5.03. The molecule has 21 heteroatoms. The highest BCUT2D eigenvalue weighted by molar-refractivity contribution is 7.91. The SMILES string of the molecule is CC(=O)Nc1ccc(NN=C2C(=O)c3ccc(NC(=O)Nc4ccc5c(c4)C=C(S(=O)(=O)O)/C(=N\Nc4ccc(NC(C)=O)cc4)C5=O)cc3C=C2S(=O)(=O)O)cc1. The number of hydrazone groups is 2. The molecule has 2 aliphatic rings. The minimum Gasteiger partial charge on any atom is -0.326 e. The number of nitrogens with one attached hydrogen (secondary N) is 6. The largest absolute Gasteiger partial charge is 0.326 e. The van der Waals surface area contributed by atoms with Crippen molar-refractivity contribution in [3.63, 3.8) is 0 Å². The van der Waals surface area contributed by atoms with Gasteiger partial charge in [-0.25, -0.2) is 4.79 Å². The third kappa shape index (κ3) is 9.37. The van der Waals surface area contributed by atoms with E-state index in [0.717, 1.165) is 12.2 Å². The van der Waals surface area contributed by atoms with Gasteiger partial charge in [0.05, 0.1) is 11.4 Å². The van der Waals surface area contributed by atoms with E-state index in [2.05, 4.69) is 42.3 Å². The third-order valence-electron chi connectivity index (χ3n) is 8.14. The molecular weight excluding hydrogens is 797 g/mol. The standard InChI is InChI=1S/C37H30N8O11S2/c1-19(46)38-23-3-7-25(8-4-23)42-44-33-31(57(51,52)53)17-21-15-27(11-13-29(21)35(33)48)40-37(50)41-28-12-14-30-22(16-28)18-32(58(54,55)56)34(36(30)49)45-43-26-9-5-24(6-10-26)39-20(2)47/h3-18,42-43H,1-2H3,(H,38,46)(H,39,47)(H2,40,41,50)(H,51,52,53)(H,54,55,56)/b44-33+,45-34?. The first-order chi connectivity index (χ1) is 27.3. The Balaban J connectivity index is 1.18. The number of nitrogens with zero attached hydrogens (tertiary/aromatic N) is 2. The molecule has 0 heterocycles. The number of rotatable bonds is 10. The van der Waals surface area contributed by atoms with E-state index in [4.69, 9.17) is 0 Å². The molecule has 6 rings (SSSR count). The molecule has 0 aromatic heterocycles. The van der Waals surface area contributed by atoms with Gasteiger partial charge in [-0.3, -0.25) is 39.1 Å². The molecule has 0 unspecified atom stereocenters. The minimum absolute atomic E-state index is 0.00123. The number of benzene rings is 4. The van der Waals surface area contributed by atoms with Crippen molar-refractivity contribution in [1.29, 1.82) is 0 Å². The van der Waals surface area contributed by atoms with Crippen LogP contribution in [0.15, 0.2) is 105 Å².